The number of pyridine rings is 1. The van der Waals surface area contributed by atoms with Gasteiger partial charge in [0.1, 0.15) is 23.4 Å². The number of aromatic nitrogens is 1. The molecule has 0 saturated carbocycles. The smallest absolute Gasteiger partial charge is 0.295 e. The molecule has 2 unspecified atom stereocenters. The summed E-state index contributed by atoms with van der Waals surface area (Å²) < 4.78 is 11.6. The van der Waals surface area contributed by atoms with E-state index in [4.69, 9.17) is 9.47 Å². The molecule has 3 heterocycles. The van der Waals surface area contributed by atoms with Crippen LogP contribution < -0.4 is 9.47 Å². The molecule has 1 saturated heterocycles. The van der Waals surface area contributed by atoms with E-state index in [2.05, 4.69) is 11.9 Å². The van der Waals surface area contributed by atoms with Crippen molar-refractivity contribution in [3.8, 4) is 11.5 Å². The van der Waals surface area contributed by atoms with Crippen LogP contribution in [0.15, 0.2) is 72.6 Å². The number of carbonyl (C=O) groups is 2. The highest BCUT2D eigenvalue weighted by Gasteiger charge is 2.46. The molecule has 1 fully saturated rings. The van der Waals surface area contributed by atoms with Gasteiger partial charge in [0.15, 0.2) is 0 Å². The van der Waals surface area contributed by atoms with E-state index in [0.29, 0.717) is 17.7 Å². The molecule has 7 heteroatoms. The molecule has 1 amide bonds. The van der Waals surface area contributed by atoms with Crippen LogP contribution >= 0.6 is 0 Å². The van der Waals surface area contributed by atoms with Gasteiger partial charge in [-0.15, -0.1) is 0 Å². The minimum Gasteiger partial charge on any atom is -0.507 e. The molecule has 5 rings (SSSR count). The number of rotatable bonds is 9. The molecule has 196 valence electrons. The summed E-state index contributed by atoms with van der Waals surface area (Å²) in [5.74, 6) is -0.0527. The highest BCUT2D eigenvalue weighted by atomic mass is 16.5. The SMILES string of the molecule is CCCCCOc1ccc(C2/C(=C(\O)c3ccc4c(c3)CC(C)O4)C(=O)C(=O)N2Cc2cccnc2)cc1. The number of fused-ring (bicyclic) bond motifs is 1. The summed E-state index contributed by atoms with van der Waals surface area (Å²) >= 11 is 0. The Balaban J connectivity index is 1.52. The zero-order valence-electron chi connectivity index (χ0n) is 21.7. The lowest BCUT2D eigenvalue weighted by molar-refractivity contribution is -0.140. The standard InChI is InChI=1S/C31H32N2O5/c1-3-4-5-15-37-25-11-8-22(9-12-25)28-27(29(34)23-10-13-26-24(17-23)16-20(2)38-26)30(35)31(36)33(28)19-21-7-6-14-32-18-21/h6-14,17-18,20,28,34H,3-5,15-16,19H2,1-2H3/b29-27+. The number of carbonyl (C=O) groups excluding carboxylic acids is 2. The second-order valence-electron chi connectivity index (χ2n) is 9.87. The van der Waals surface area contributed by atoms with Gasteiger partial charge in [-0.05, 0) is 66.4 Å². The van der Waals surface area contributed by atoms with Crippen LogP contribution in [0.4, 0.5) is 0 Å². The number of nitrogens with zero attached hydrogens (tertiary/aromatic N) is 2. The second-order valence-corrected chi connectivity index (χ2v) is 9.87. The first-order valence-electron chi connectivity index (χ1n) is 13.2. The Bertz CT molecular complexity index is 1350. The molecule has 7 nitrogen and oxygen atoms in total. The molecule has 0 aliphatic carbocycles. The lowest BCUT2D eigenvalue weighted by Gasteiger charge is -2.25. The largest absolute Gasteiger partial charge is 0.507 e. The van der Waals surface area contributed by atoms with Crippen molar-refractivity contribution in [1.82, 2.24) is 9.88 Å². The number of aliphatic hydroxyl groups is 1. The average molecular weight is 513 g/mol. The Morgan fingerprint density at radius 2 is 1.95 bits per heavy atom. The quantitative estimate of drug-likeness (QED) is 0.174. The van der Waals surface area contributed by atoms with Gasteiger partial charge < -0.3 is 19.5 Å². The Morgan fingerprint density at radius 3 is 2.68 bits per heavy atom. The van der Waals surface area contributed by atoms with E-state index in [1.54, 1.807) is 30.6 Å². The summed E-state index contributed by atoms with van der Waals surface area (Å²) in [6.07, 6.45) is 7.30. The van der Waals surface area contributed by atoms with Crippen LogP contribution in [0.1, 0.15) is 61.4 Å². The zero-order chi connectivity index (χ0) is 26.6. The topological polar surface area (TPSA) is 89.0 Å². The molecule has 2 atom stereocenters. The minimum atomic E-state index is -0.757. The van der Waals surface area contributed by atoms with Gasteiger partial charge in [0, 0.05) is 30.9 Å². The third-order valence-electron chi connectivity index (χ3n) is 7.00. The van der Waals surface area contributed by atoms with E-state index < -0.39 is 17.7 Å². The number of likely N-dealkylation sites (tertiary alicyclic amines) is 1. The molecular formula is C31H32N2O5. The lowest BCUT2D eigenvalue weighted by atomic mass is 9.94. The van der Waals surface area contributed by atoms with Crippen LogP contribution in [-0.2, 0) is 22.6 Å². The molecule has 0 spiro atoms. The molecule has 1 N–H and O–H groups in total. The van der Waals surface area contributed by atoms with E-state index in [1.165, 1.54) is 4.90 Å². The van der Waals surface area contributed by atoms with E-state index in [0.717, 1.165) is 48.3 Å². The van der Waals surface area contributed by atoms with Crippen LogP contribution in [0.25, 0.3) is 5.76 Å². The number of Topliss-reactive ketones (excluding diaryl/α,β-unsaturated/α-hetero) is 1. The normalized spacial score (nSPS) is 19.9. The van der Waals surface area contributed by atoms with Crippen molar-refractivity contribution in [3.63, 3.8) is 0 Å². The van der Waals surface area contributed by atoms with Crippen LogP contribution in [0.2, 0.25) is 0 Å². The van der Waals surface area contributed by atoms with Crippen molar-refractivity contribution in [1.29, 1.82) is 0 Å². The lowest BCUT2D eigenvalue weighted by Crippen LogP contribution is -2.29. The molecule has 0 radical (unpaired) electrons. The van der Waals surface area contributed by atoms with Gasteiger partial charge in [0.2, 0.25) is 0 Å². The maximum Gasteiger partial charge on any atom is 0.295 e. The number of ketones is 1. The van der Waals surface area contributed by atoms with E-state index in [1.807, 2.05) is 43.3 Å². The van der Waals surface area contributed by atoms with Gasteiger partial charge in [0.05, 0.1) is 18.2 Å². The summed E-state index contributed by atoms with van der Waals surface area (Å²) in [4.78, 5) is 32.3. The summed E-state index contributed by atoms with van der Waals surface area (Å²) in [7, 11) is 0. The van der Waals surface area contributed by atoms with Crippen molar-refractivity contribution in [2.24, 2.45) is 0 Å². The highest BCUT2D eigenvalue weighted by molar-refractivity contribution is 6.46. The molecule has 3 aromatic rings. The fourth-order valence-electron chi connectivity index (χ4n) is 5.09. The predicted molar refractivity (Wildman–Crippen MR) is 144 cm³/mol. The number of benzene rings is 2. The van der Waals surface area contributed by atoms with E-state index >= 15 is 0 Å². The summed E-state index contributed by atoms with van der Waals surface area (Å²) in [6, 6.07) is 15.7. The second kappa shape index (κ2) is 11.1. The van der Waals surface area contributed by atoms with Gasteiger partial charge in [-0.25, -0.2) is 0 Å². The van der Waals surface area contributed by atoms with Gasteiger partial charge >= 0.3 is 0 Å². The number of hydrogen-bond donors (Lipinski definition) is 1. The van der Waals surface area contributed by atoms with Gasteiger partial charge in [0.25, 0.3) is 11.7 Å². The third kappa shape index (κ3) is 5.14. The fourth-order valence-corrected chi connectivity index (χ4v) is 5.09. The highest BCUT2D eigenvalue weighted by Crippen LogP contribution is 2.41. The van der Waals surface area contributed by atoms with Gasteiger partial charge in [-0.3, -0.25) is 14.6 Å². The van der Waals surface area contributed by atoms with Gasteiger partial charge in [-0.1, -0.05) is 38.0 Å². The first kappa shape index (κ1) is 25.5. The first-order valence-corrected chi connectivity index (χ1v) is 13.2. The van der Waals surface area contributed by atoms with Crippen LogP contribution in [0.3, 0.4) is 0 Å². The molecular weight excluding hydrogens is 480 g/mol. The monoisotopic (exact) mass is 512 g/mol. The van der Waals surface area contributed by atoms with Crippen molar-refractivity contribution in [2.45, 2.75) is 58.2 Å². The van der Waals surface area contributed by atoms with Crippen LogP contribution in [0.5, 0.6) is 11.5 Å². The summed E-state index contributed by atoms with van der Waals surface area (Å²) in [5, 5.41) is 11.4. The Morgan fingerprint density at radius 1 is 1.13 bits per heavy atom. The fraction of sp³-hybridized carbons (Fsp3) is 0.323. The minimum absolute atomic E-state index is 0.0511. The Kier molecular flexibility index (Phi) is 7.45. The van der Waals surface area contributed by atoms with Crippen molar-refractivity contribution in [2.75, 3.05) is 6.61 Å². The third-order valence-corrected chi connectivity index (χ3v) is 7.00. The van der Waals surface area contributed by atoms with Crippen molar-refractivity contribution < 1.29 is 24.2 Å². The zero-order valence-corrected chi connectivity index (χ0v) is 21.7. The number of hydrogen-bond acceptors (Lipinski definition) is 6. The number of amides is 1. The molecule has 38 heavy (non-hydrogen) atoms. The maximum absolute atomic E-state index is 13.4. The summed E-state index contributed by atoms with van der Waals surface area (Å²) in [5.41, 5.74) is 3.03. The Hall–Kier alpha value is -4.13. The van der Waals surface area contributed by atoms with Crippen molar-refractivity contribution >= 4 is 17.4 Å². The number of unbranched alkanes of at least 4 members (excludes halogenated alkanes) is 2. The molecule has 2 aliphatic heterocycles. The molecule has 2 aliphatic rings. The van der Waals surface area contributed by atoms with E-state index in [-0.39, 0.29) is 24.0 Å². The Labute approximate surface area is 222 Å². The van der Waals surface area contributed by atoms with E-state index in [9.17, 15) is 14.7 Å². The maximum atomic E-state index is 13.4. The number of ether oxygens (including phenoxy) is 2. The van der Waals surface area contributed by atoms with Crippen molar-refractivity contribution in [3.05, 3.63) is 94.8 Å². The molecule has 1 aromatic heterocycles. The van der Waals surface area contributed by atoms with Gasteiger partial charge in [-0.2, -0.15) is 0 Å². The predicted octanol–water partition coefficient (Wildman–Crippen LogP) is 5.60. The summed E-state index contributed by atoms with van der Waals surface area (Å²) in [6.45, 7) is 4.95. The van der Waals surface area contributed by atoms with Crippen LogP contribution in [0, 0.1) is 0 Å². The number of aliphatic hydroxyl groups excluding tert-OH is 1. The average Bonchev–Trinajstić information content (AvgIpc) is 3.43. The first-order chi connectivity index (χ1) is 18.5. The molecule has 2 aromatic carbocycles. The molecule has 0 bridgehead atoms. The van der Waals surface area contributed by atoms with Crippen LogP contribution in [-0.4, -0.2) is 39.4 Å².